The minimum Gasteiger partial charge on any atom is -0.348 e. The normalized spacial score (nSPS) is 12.7. The minimum atomic E-state index is -0.205. The fraction of sp³-hybridized carbons (Fsp3) is 0.308. The van der Waals surface area contributed by atoms with Crippen LogP contribution in [0.3, 0.4) is 0 Å². The van der Waals surface area contributed by atoms with E-state index in [0.29, 0.717) is 6.54 Å². The Balaban J connectivity index is 1.94. The molecule has 0 radical (unpaired) electrons. The van der Waals surface area contributed by atoms with Crippen LogP contribution in [0.4, 0.5) is 0 Å². The molecule has 2 heterocycles. The molecule has 1 aromatic heterocycles. The first kappa shape index (κ1) is 12.2. The summed E-state index contributed by atoms with van der Waals surface area (Å²) in [7, 11) is 0. The van der Waals surface area contributed by atoms with Gasteiger partial charge < -0.3 is 5.32 Å². The maximum atomic E-state index is 11.2. The lowest BCUT2D eigenvalue weighted by molar-refractivity contribution is -0.118. The van der Waals surface area contributed by atoms with E-state index in [1.165, 1.54) is 5.56 Å². The third-order valence-electron chi connectivity index (χ3n) is 3.21. The van der Waals surface area contributed by atoms with Gasteiger partial charge in [0.2, 0.25) is 5.91 Å². The van der Waals surface area contributed by atoms with Gasteiger partial charge in [0.15, 0.2) is 5.82 Å². The van der Waals surface area contributed by atoms with E-state index in [2.05, 4.69) is 21.6 Å². The van der Waals surface area contributed by atoms with Gasteiger partial charge in [0.25, 0.3) is 0 Å². The Bertz CT molecular complexity index is 623. The van der Waals surface area contributed by atoms with Crippen LogP contribution in [0.15, 0.2) is 24.3 Å². The molecule has 0 spiro atoms. The molecule has 1 aromatic carbocycles. The molecule has 0 atom stereocenters. The molecule has 0 aliphatic carbocycles. The van der Waals surface area contributed by atoms with Gasteiger partial charge in [-0.25, -0.2) is 0 Å². The predicted molar refractivity (Wildman–Crippen MR) is 71.3 cm³/mol. The molecule has 2 aromatic rings. The van der Waals surface area contributed by atoms with Gasteiger partial charge in [-0.1, -0.05) is 18.2 Å². The lowest BCUT2D eigenvalue weighted by Gasteiger charge is -2.19. The van der Waals surface area contributed by atoms with Crippen molar-refractivity contribution in [3.63, 3.8) is 0 Å². The van der Waals surface area contributed by atoms with E-state index in [9.17, 15) is 4.79 Å². The van der Waals surface area contributed by atoms with Gasteiger partial charge in [-0.05, 0) is 18.1 Å². The van der Waals surface area contributed by atoms with Crippen LogP contribution in [0.25, 0.3) is 5.69 Å². The molecular formula is C13H13ClN4O. The first-order valence-corrected chi connectivity index (χ1v) is 6.67. The molecule has 6 heteroatoms. The molecule has 98 valence electrons. The molecule has 5 nitrogen and oxygen atoms in total. The largest absolute Gasteiger partial charge is 0.348 e. The zero-order valence-corrected chi connectivity index (χ0v) is 11.0. The Hall–Kier alpha value is -1.88. The highest BCUT2D eigenvalue weighted by Crippen LogP contribution is 2.24. The summed E-state index contributed by atoms with van der Waals surface area (Å²) in [6.45, 7) is 0.340. The smallest absolute Gasteiger partial charge is 0.235 e. The molecule has 1 aliphatic rings. The highest BCUT2D eigenvalue weighted by atomic mass is 35.5. The highest BCUT2D eigenvalue weighted by molar-refractivity contribution is 6.27. The van der Waals surface area contributed by atoms with Crippen LogP contribution < -0.4 is 5.32 Å². The number of carbonyl (C=O) groups is 1. The van der Waals surface area contributed by atoms with E-state index in [-0.39, 0.29) is 11.8 Å². The quantitative estimate of drug-likeness (QED) is 0.858. The Morgan fingerprint density at radius 1 is 1.32 bits per heavy atom. The Morgan fingerprint density at radius 2 is 2.16 bits per heavy atom. The highest BCUT2D eigenvalue weighted by Gasteiger charge is 2.20. The van der Waals surface area contributed by atoms with Gasteiger partial charge >= 0.3 is 0 Å². The number of carbonyl (C=O) groups excluding carboxylic acids is 1. The van der Waals surface area contributed by atoms with Crippen molar-refractivity contribution in [2.75, 3.05) is 5.88 Å². The monoisotopic (exact) mass is 276 g/mol. The molecule has 3 rings (SSSR count). The summed E-state index contributed by atoms with van der Waals surface area (Å²) >= 11 is 5.46. The lowest BCUT2D eigenvalue weighted by atomic mass is 10.0. The van der Waals surface area contributed by atoms with Crippen molar-refractivity contribution in [2.45, 2.75) is 19.4 Å². The van der Waals surface area contributed by atoms with Crippen molar-refractivity contribution in [2.24, 2.45) is 0 Å². The standard InChI is InChI=1S/C13H13ClN4O/c14-7-13(19)15-8-12-17-16-11-6-5-9-3-1-2-4-10(9)18(11)12/h1-4H,5-8H2,(H,15,19). The molecule has 0 unspecified atom stereocenters. The van der Waals surface area contributed by atoms with Gasteiger partial charge in [0, 0.05) is 6.42 Å². The Kier molecular flexibility index (Phi) is 3.21. The summed E-state index contributed by atoms with van der Waals surface area (Å²) < 4.78 is 2.02. The minimum absolute atomic E-state index is 0.0441. The number of alkyl halides is 1. The molecule has 1 aliphatic heterocycles. The number of aromatic nitrogens is 3. The van der Waals surface area contributed by atoms with Crippen molar-refractivity contribution in [1.29, 1.82) is 0 Å². The van der Waals surface area contributed by atoms with Crippen LogP contribution in [-0.2, 0) is 24.2 Å². The van der Waals surface area contributed by atoms with E-state index in [1.807, 2.05) is 22.8 Å². The van der Waals surface area contributed by atoms with E-state index in [1.54, 1.807) is 0 Å². The van der Waals surface area contributed by atoms with E-state index >= 15 is 0 Å². The topological polar surface area (TPSA) is 59.8 Å². The number of hydrogen-bond donors (Lipinski definition) is 1. The van der Waals surface area contributed by atoms with Gasteiger partial charge in [0.1, 0.15) is 11.7 Å². The van der Waals surface area contributed by atoms with E-state index < -0.39 is 0 Å². The summed E-state index contributed by atoms with van der Waals surface area (Å²) in [5, 5.41) is 11.1. The van der Waals surface area contributed by atoms with E-state index in [0.717, 1.165) is 30.2 Å². The molecular weight excluding hydrogens is 264 g/mol. The first-order chi connectivity index (χ1) is 9.29. The average Bonchev–Trinajstić information content (AvgIpc) is 2.88. The van der Waals surface area contributed by atoms with Crippen LogP contribution in [0.5, 0.6) is 0 Å². The van der Waals surface area contributed by atoms with Gasteiger partial charge in [-0.3, -0.25) is 9.36 Å². The van der Waals surface area contributed by atoms with Crippen molar-refractivity contribution in [3.8, 4) is 5.69 Å². The Labute approximate surface area is 115 Å². The second kappa shape index (κ2) is 5.01. The SMILES string of the molecule is O=C(CCl)NCc1nnc2n1-c1ccccc1CC2. The molecule has 19 heavy (non-hydrogen) atoms. The average molecular weight is 277 g/mol. The molecule has 0 bridgehead atoms. The zero-order valence-electron chi connectivity index (χ0n) is 10.3. The zero-order chi connectivity index (χ0) is 13.2. The number of amides is 1. The fourth-order valence-corrected chi connectivity index (χ4v) is 2.41. The number of aryl methyl sites for hydroxylation is 2. The third kappa shape index (κ3) is 2.21. The maximum absolute atomic E-state index is 11.2. The fourth-order valence-electron chi connectivity index (χ4n) is 2.32. The predicted octanol–water partition coefficient (Wildman–Crippen LogP) is 1.22. The molecule has 0 saturated heterocycles. The number of hydrogen-bond acceptors (Lipinski definition) is 3. The number of fused-ring (bicyclic) bond motifs is 3. The van der Waals surface area contributed by atoms with Crippen LogP contribution >= 0.6 is 11.6 Å². The summed E-state index contributed by atoms with van der Waals surface area (Å²) in [6.07, 6.45) is 1.84. The van der Waals surface area contributed by atoms with Crippen LogP contribution in [0, 0.1) is 0 Å². The molecule has 0 saturated carbocycles. The summed E-state index contributed by atoms with van der Waals surface area (Å²) in [5.41, 5.74) is 2.38. The van der Waals surface area contributed by atoms with E-state index in [4.69, 9.17) is 11.6 Å². The van der Waals surface area contributed by atoms with Crippen molar-refractivity contribution < 1.29 is 4.79 Å². The molecule has 0 fully saturated rings. The van der Waals surface area contributed by atoms with Crippen molar-refractivity contribution in [3.05, 3.63) is 41.5 Å². The number of nitrogens with one attached hydrogen (secondary N) is 1. The van der Waals surface area contributed by atoms with Crippen molar-refractivity contribution in [1.82, 2.24) is 20.1 Å². The van der Waals surface area contributed by atoms with Gasteiger partial charge in [-0.15, -0.1) is 21.8 Å². The second-order valence-electron chi connectivity index (χ2n) is 4.41. The van der Waals surface area contributed by atoms with Crippen LogP contribution in [0.2, 0.25) is 0 Å². The molecule has 1 amide bonds. The van der Waals surface area contributed by atoms with Gasteiger partial charge in [-0.2, -0.15) is 0 Å². The third-order valence-corrected chi connectivity index (χ3v) is 3.46. The summed E-state index contributed by atoms with van der Waals surface area (Å²) in [4.78, 5) is 11.2. The van der Waals surface area contributed by atoms with Crippen LogP contribution in [0.1, 0.15) is 17.2 Å². The van der Waals surface area contributed by atoms with Gasteiger partial charge in [0.05, 0.1) is 12.2 Å². The first-order valence-electron chi connectivity index (χ1n) is 6.13. The number of nitrogens with zero attached hydrogens (tertiary/aromatic N) is 3. The lowest BCUT2D eigenvalue weighted by Crippen LogP contribution is -2.26. The number of halogens is 1. The van der Waals surface area contributed by atoms with Crippen molar-refractivity contribution >= 4 is 17.5 Å². The maximum Gasteiger partial charge on any atom is 0.235 e. The van der Waals surface area contributed by atoms with Crippen LogP contribution in [-0.4, -0.2) is 26.6 Å². The summed E-state index contributed by atoms with van der Waals surface area (Å²) in [5.74, 6) is 1.43. The number of benzene rings is 1. The summed E-state index contributed by atoms with van der Waals surface area (Å²) in [6, 6.07) is 8.19. The number of para-hydroxylation sites is 1. The Morgan fingerprint density at radius 3 is 3.00 bits per heavy atom. The molecule has 1 N–H and O–H groups in total. The number of rotatable bonds is 3. The second-order valence-corrected chi connectivity index (χ2v) is 4.67.